The first-order chi connectivity index (χ1) is 14.2. The van der Waals surface area contributed by atoms with E-state index in [1.54, 1.807) is 6.07 Å². The number of fused-ring (bicyclic) bond motifs is 1. The summed E-state index contributed by atoms with van der Waals surface area (Å²) in [6.45, 7) is 4.27. The van der Waals surface area contributed by atoms with Gasteiger partial charge in [-0.3, -0.25) is 0 Å². The molecule has 0 saturated carbocycles. The van der Waals surface area contributed by atoms with Gasteiger partial charge in [0.2, 0.25) is 0 Å². The number of halogens is 1. The lowest BCUT2D eigenvalue weighted by molar-refractivity contribution is 0.636. The third-order valence-corrected chi connectivity index (χ3v) is 5.35. The molecule has 0 radical (unpaired) electrons. The van der Waals surface area contributed by atoms with Crippen LogP contribution in [0.25, 0.3) is 21.9 Å². The zero-order valence-electron chi connectivity index (χ0n) is 16.8. The molecule has 4 rings (SSSR count). The SMILES string of the molecule is CCc1ccc(C#Cc2ccc3cc(-c4ccc(CC)cc4)ccc3c2F)cc1. The van der Waals surface area contributed by atoms with Crippen molar-refractivity contribution in [2.45, 2.75) is 26.7 Å². The van der Waals surface area contributed by atoms with Crippen molar-refractivity contribution >= 4 is 10.8 Å². The van der Waals surface area contributed by atoms with E-state index in [9.17, 15) is 0 Å². The first-order valence-electron chi connectivity index (χ1n) is 10.1. The summed E-state index contributed by atoms with van der Waals surface area (Å²) < 4.78 is 15.0. The highest BCUT2D eigenvalue weighted by Crippen LogP contribution is 2.27. The summed E-state index contributed by atoms with van der Waals surface area (Å²) in [5.41, 5.74) is 6.14. The van der Waals surface area contributed by atoms with Crippen LogP contribution in [0.2, 0.25) is 0 Å². The van der Waals surface area contributed by atoms with Crippen molar-refractivity contribution in [1.29, 1.82) is 0 Å². The quantitative estimate of drug-likeness (QED) is 0.331. The first-order valence-corrected chi connectivity index (χ1v) is 10.1. The van der Waals surface area contributed by atoms with Gasteiger partial charge in [0.1, 0.15) is 5.82 Å². The molecule has 0 aliphatic carbocycles. The van der Waals surface area contributed by atoms with Gasteiger partial charge >= 0.3 is 0 Å². The summed E-state index contributed by atoms with van der Waals surface area (Å²) in [7, 11) is 0. The molecule has 0 aliphatic heterocycles. The predicted octanol–water partition coefficient (Wildman–Crippen LogP) is 7.17. The van der Waals surface area contributed by atoms with Crippen LogP contribution in [0.3, 0.4) is 0 Å². The Labute approximate surface area is 172 Å². The number of aryl methyl sites for hydroxylation is 2. The maximum atomic E-state index is 15.0. The molecule has 1 heteroatoms. The molecule has 0 aromatic heterocycles. The van der Waals surface area contributed by atoms with E-state index in [0.29, 0.717) is 10.9 Å². The molecule has 0 spiro atoms. The Kier molecular flexibility index (Phi) is 5.45. The van der Waals surface area contributed by atoms with Crippen LogP contribution >= 0.6 is 0 Å². The van der Waals surface area contributed by atoms with Gasteiger partial charge in [0.15, 0.2) is 0 Å². The third kappa shape index (κ3) is 4.08. The topological polar surface area (TPSA) is 0 Å². The van der Waals surface area contributed by atoms with E-state index >= 15 is 4.39 Å². The molecule has 0 N–H and O–H groups in total. The van der Waals surface area contributed by atoms with Crippen LogP contribution in [0, 0.1) is 17.7 Å². The van der Waals surface area contributed by atoms with Gasteiger partial charge in [0, 0.05) is 10.9 Å². The normalized spacial score (nSPS) is 10.6. The van der Waals surface area contributed by atoms with Gasteiger partial charge in [-0.15, -0.1) is 0 Å². The maximum absolute atomic E-state index is 15.0. The molecular formula is C28H23F. The van der Waals surface area contributed by atoms with Crippen LogP contribution < -0.4 is 0 Å². The fourth-order valence-electron chi connectivity index (χ4n) is 3.46. The molecule has 0 heterocycles. The van der Waals surface area contributed by atoms with Crippen LogP contribution in [0.4, 0.5) is 4.39 Å². The lowest BCUT2D eigenvalue weighted by Gasteiger charge is -2.07. The highest BCUT2D eigenvalue weighted by Gasteiger charge is 2.07. The molecule has 0 fully saturated rings. The third-order valence-electron chi connectivity index (χ3n) is 5.35. The zero-order chi connectivity index (χ0) is 20.2. The van der Waals surface area contributed by atoms with Crippen molar-refractivity contribution in [3.05, 3.63) is 107 Å². The summed E-state index contributed by atoms with van der Waals surface area (Å²) in [4.78, 5) is 0. The molecule has 4 aromatic carbocycles. The van der Waals surface area contributed by atoms with Gasteiger partial charge in [0.05, 0.1) is 5.56 Å². The number of benzene rings is 4. The van der Waals surface area contributed by atoms with E-state index in [-0.39, 0.29) is 5.82 Å². The van der Waals surface area contributed by atoms with Crippen molar-refractivity contribution in [3.8, 4) is 23.0 Å². The monoisotopic (exact) mass is 378 g/mol. The van der Waals surface area contributed by atoms with Crippen LogP contribution in [-0.2, 0) is 12.8 Å². The van der Waals surface area contributed by atoms with Gasteiger partial charge < -0.3 is 0 Å². The lowest BCUT2D eigenvalue weighted by Crippen LogP contribution is -1.88. The van der Waals surface area contributed by atoms with E-state index < -0.39 is 0 Å². The Morgan fingerprint density at radius 2 is 1.28 bits per heavy atom. The van der Waals surface area contributed by atoms with Crippen molar-refractivity contribution in [1.82, 2.24) is 0 Å². The molecule has 0 unspecified atom stereocenters. The highest BCUT2D eigenvalue weighted by atomic mass is 19.1. The largest absolute Gasteiger partial charge is 0.205 e. The van der Waals surface area contributed by atoms with Gasteiger partial charge in [-0.25, -0.2) is 4.39 Å². The molecule has 142 valence electrons. The molecule has 29 heavy (non-hydrogen) atoms. The van der Waals surface area contributed by atoms with Gasteiger partial charge in [0.25, 0.3) is 0 Å². The minimum Gasteiger partial charge on any atom is -0.205 e. The summed E-state index contributed by atoms with van der Waals surface area (Å²) in [6.07, 6.45) is 2.02. The van der Waals surface area contributed by atoms with Crippen molar-refractivity contribution < 1.29 is 4.39 Å². The van der Waals surface area contributed by atoms with Gasteiger partial charge in [-0.2, -0.15) is 0 Å². The fraction of sp³-hybridized carbons (Fsp3) is 0.143. The van der Waals surface area contributed by atoms with Gasteiger partial charge in [-0.1, -0.05) is 80.3 Å². The minimum absolute atomic E-state index is 0.256. The Morgan fingerprint density at radius 1 is 0.655 bits per heavy atom. The molecule has 0 atom stereocenters. The molecule has 0 amide bonds. The standard InChI is InChI=1S/C28H23F/c1-3-20-5-7-22(8-6-20)11-14-24-15-16-26-19-25(17-18-27(26)28(24)29)23-12-9-21(4-2)10-13-23/h5-10,12-13,15-19H,3-4H2,1-2H3. The molecule has 0 aliphatic rings. The van der Waals surface area contributed by atoms with E-state index in [1.165, 1.54) is 11.1 Å². The molecular weight excluding hydrogens is 355 g/mol. The first kappa shape index (κ1) is 19.0. The van der Waals surface area contributed by atoms with Gasteiger partial charge in [-0.05, 0) is 64.7 Å². The Morgan fingerprint density at radius 3 is 1.93 bits per heavy atom. The lowest BCUT2D eigenvalue weighted by atomic mass is 9.98. The molecule has 4 aromatic rings. The average Bonchev–Trinajstić information content (AvgIpc) is 2.79. The molecule has 0 saturated heterocycles. The molecule has 0 nitrogen and oxygen atoms in total. The molecule has 0 bridgehead atoms. The number of rotatable bonds is 3. The highest BCUT2D eigenvalue weighted by molar-refractivity contribution is 5.89. The van der Waals surface area contributed by atoms with E-state index in [0.717, 1.165) is 34.9 Å². The summed E-state index contributed by atoms with van der Waals surface area (Å²) in [5, 5.41) is 1.49. The Balaban J connectivity index is 1.66. The number of hydrogen-bond donors (Lipinski definition) is 0. The summed E-state index contributed by atoms with van der Waals surface area (Å²) >= 11 is 0. The Hall–Kier alpha value is -3.37. The fourth-order valence-corrected chi connectivity index (χ4v) is 3.46. The second-order valence-electron chi connectivity index (χ2n) is 7.21. The van der Waals surface area contributed by atoms with Crippen molar-refractivity contribution in [2.75, 3.05) is 0 Å². The van der Waals surface area contributed by atoms with E-state index in [1.807, 2.05) is 36.4 Å². The van der Waals surface area contributed by atoms with Crippen molar-refractivity contribution in [2.24, 2.45) is 0 Å². The van der Waals surface area contributed by atoms with Crippen LogP contribution in [0.15, 0.2) is 78.9 Å². The Bertz CT molecular complexity index is 1200. The average molecular weight is 378 g/mol. The second kappa shape index (κ2) is 8.33. The van der Waals surface area contributed by atoms with E-state index in [2.05, 4.69) is 62.1 Å². The summed E-state index contributed by atoms with van der Waals surface area (Å²) in [5.74, 6) is 5.81. The van der Waals surface area contributed by atoms with Crippen LogP contribution in [0.1, 0.15) is 36.1 Å². The predicted molar refractivity (Wildman–Crippen MR) is 121 cm³/mol. The zero-order valence-corrected chi connectivity index (χ0v) is 16.8. The second-order valence-corrected chi connectivity index (χ2v) is 7.21. The van der Waals surface area contributed by atoms with Crippen LogP contribution in [-0.4, -0.2) is 0 Å². The maximum Gasteiger partial charge on any atom is 0.146 e. The number of hydrogen-bond acceptors (Lipinski definition) is 0. The van der Waals surface area contributed by atoms with Crippen molar-refractivity contribution in [3.63, 3.8) is 0 Å². The summed E-state index contributed by atoms with van der Waals surface area (Å²) in [6, 6.07) is 26.2. The van der Waals surface area contributed by atoms with Crippen LogP contribution in [0.5, 0.6) is 0 Å². The van der Waals surface area contributed by atoms with E-state index in [4.69, 9.17) is 0 Å². The smallest absolute Gasteiger partial charge is 0.146 e. The minimum atomic E-state index is -0.256.